The van der Waals surface area contributed by atoms with Gasteiger partial charge in [0.15, 0.2) is 22.7 Å². The van der Waals surface area contributed by atoms with Crippen LogP contribution < -0.4 is 20.2 Å². The van der Waals surface area contributed by atoms with Crippen LogP contribution in [0.5, 0.6) is 11.5 Å². The van der Waals surface area contributed by atoms with E-state index in [4.69, 9.17) is 9.47 Å². The third-order valence-corrected chi connectivity index (χ3v) is 6.36. The number of ether oxygens (including phenoxy) is 2. The van der Waals surface area contributed by atoms with E-state index in [0.717, 1.165) is 0 Å². The van der Waals surface area contributed by atoms with Crippen molar-refractivity contribution in [1.82, 2.24) is 9.88 Å². The summed E-state index contributed by atoms with van der Waals surface area (Å²) in [6, 6.07) is 9.31. The van der Waals surface area contributed by atoms with Crippen molar-refractivity contribution >= 4 is 33.1 Å². The molecule has 2 aromatic heterocycles. The Labute approximate surface area is 198 Å². The van der Waals surface area contributed by atoms with Crippen molar-refractivity contribution in [2.24, 2.45) is 7.05 Å². The lowest BCUT2D eigenvalue weighted by Crippen LogP contribution is -2.32. The fourth-order valence-corrected chi connectivity index (χ4v) is 4.64. The number of nitrogens with one attached hydrogen (secondary N) is 1. The largest absolute Gasteiger partial charge is 0.493 e. The number of fused-ring (bicyclic) bond motifs is 1. The van der Waals surface area contributed by atoms with Crippen LogP contribution in [0.2, 0.25) is 0 Å². The zero-order valence-corrected chi connectivity index (χ0v) is 19.5. The normalized spacial score (nSPS) is 10.8. The summed E-state index contributed by atoms with van der Waals surface area (Å²) in [5.74, 6) is -0.557. The van der Waals surface area contributed by atoms with Crippen LogP contribution in [0.4, 0.5) is 4.39 Å². The average Bonchev–Trinajstić information content (AvgIpc) is 3.28. The monoisotopic (exact) mass is 480 g/mol. The van der Waals surface area contributed by atoms with Crippen LogP contribution in [0.25, 0.3) is 21.2 Å². The predicted octanol–water partition coefficient (Wildman–Crippen LogP) is 4.04. The molecular weight excluding hydrogens is 459 g/mol. The molecule has 0 aliphatic heterocycles. The number of halogens is 1. The summed E-state index contributed by atoms with van der Waals surface area (Å²) < 4.78 is 26.5. The predicted molar refractivity (Wildman–Crippen MR) is 129 cm³/mol. The Balaban J connectivity index is 1.60. The smallest absolute Gasteiger partial charge is 0.251 e. The molecule has 7 nitrogen and oxygen atoms in total. The van der Waals surface area contributed by atoms with E-state index in [1.165, 1.54) is 43.9 Å². The van der Waals surface area contributed by atoms with Gasteiger partial charge in [0.1, 0.15) is 5.82 Å². The number of pyridine rings is 1. The standard InChI is InChI=1S/C25H21FN2O5S/c1-28-11-16(18-13-34-24-15(18)5-4-6-19(24)26)23(30)17(12-28)20(29)10-27-25(31)14-7-8-21(32-2)22(9-14)33-3/h4-9,11-13H,10H2,1-3H3,(H,27,31). The first-order valence-corrected chi connectivity index (χ1v) is 11.1. The molecule has 1 amide bonds. The fraction of sp³-hybridized carbons (Fsp3) is 0.160. The lowest BCUT2D eigenvalue weighted by molar-refractivity contribution is 0.0903. The number of hydrogen-bond acceptors (Lipinski definition) is 6. The number of nitrogens with zero attached hydrogens (tertiary/aromatic N) is 1. The summed E-state index contributed by atoms with van der Waals surface area (Å²) in [6.07, 6.45) is 3.03. The number of Topliss-reactive ketones (excluding diaryl/α,β-unsaturated/α-hetero) is 1. The molecule has 0 bridgehead atoms. The van der Waals surface area contributed by atoms with Gasteiger partial charge in [-0.2, -0.15) is 0 Å². The summed E-state index contributed by atoms with van der Waals surface area (Å²) in [4.78, 5) is 38.6. The third kappa shape index (κ3) is 4.29. The van der Waals surface area contributed by atoms with Crippen molar-refractivity contribution in [3.63, 3.8) is 0 Å². The molecule has 34 heavy (non-hydrogen) atoms. The molecule has 0 atom stereocenters. The minimum Gasteiger partial charge on any atom is -0.493 e. The number of hydrogen-bond donors (Lipinski definition) is 1. The molecule has 0 fully saturated rings. The maximum Gasteiger partial charge on any atom is 0.251 e. The van der Waals surface area contributed by atoms with Crippen LogP contribution in [-0.2, 0) is 7.05 Å². The third-order valence-electron chi connectivity index (χ3n) is 5.35. The Morgan fingerprint density at radius 2 is 1.82 bits per heavy atom. The second kappa shape index (κ2) is 9.48. The van der Waals surface area contributed by atoms with E-state index in [1.54, 1.807) is 47.5 Å². The Kier molecular flexibility index (Phi) is 6.47. The van der Waals surface area contributed by atoms with Gasteiger partial charge in [-0.15, -0.1) is 11.3 Å². The topological polar surface area (TPSA) is 86.6 Å². The molecule has 9 heteroatoms. The molecule has 0 spiro atoms. The van der Waals surface area contributed by atoms with E-state index < -0.39 is 17.1 Å². The molecule has 4 aromatic rings. The van der Waals surface area contributed by atoms with Gasteiger partial charge in [-0.1, -0.05) is 12.1 Å². The zero-order chi connectivity index (χ0) is 24.4. The molecule has 0 aliphatic rings. The van der Waals surface area contributed by atoms with E-state index >= 15 is 0 Å². The molecule has 2 aromatic carbocycles. The van der Waals surface area contributed by atoms with E-state index in [2.05, 4.69) is 5.32 Å². The molecule has 0 saturated carbocycles. The van der Waals surface area contributed by atoms with Gasteiger partial charge in [0.2, 0.25) is 0 Å². The molecular formula is C25H21FN2O5S. The fourth-order valence-electron chi connectivity index (χ4n) is 3.66. The minimum atomic E-state index is -0.540. The van der Waals surface area contributed by atoms with Crippen LogP contribution in [0, 0.1) is 5.82 Å². The van der Waals surface area contributed by atoms with E-state index in [9.17, 15) is 18.8 Å². The summed E-state index contributed by atoms with van der Waals surface area (Å²) in [7, 11) is 4.63. The number of carbonyl (C=O) groups excluding carboxylic acids is 2. The van der Waals surface area contributed by atoms with Gasteiger partial charge in [-0.3, -0.25) is 14.4 Å². The number of methoxy groups -OCH3 is 2. The van der Waals surface area contributed by atoms with Gasteiger partial charge in [0.05, 0.1) is 31.0 Å². The average molecular weight is 481 g/mol. The number of amides is 1. The Morgan fingerprint density at radius 1 is 1.06 bits per heavy atom. The van der Waals surface area contributed by atoms with Crippen molar-refractivity contribution in [2.75, 3.05) is 20.8 Å². The number of rotatable bonds is 7. The maximum atomic E-state index is 14.1. The number of ketones is 1. The molecule has 0 aliphatic carbocycles. The summed E-state index contributed by atoms with van der Waals surface area (Å²) in [6.45, 7) is -0.370. The highest BCUT2D eigenvalue weighted by Gasteiger charge is 2.19. The first-order valence-electron chi connectivity index (χ1n) is 10.2. The number of benzene rings is 2. The maximum absolute atomic E-state index is 14.1. The van der Waals surface area contributed by atoms with Gasteiger partial charge in [-0.05, 0) is 24.3 Å². The van der Waals surface area contributed by atoms with Crippen LogP contribution >= 0.6 is 11.3 Å². The van der Waals surface area contributed by atoms with E-state index in [0.29, 0.717) is 27.1 Å². The van der Waals surface area contributed by atoms with Gasteiger partial charge in [0.25, 0.3) is 5.91 Å². The minimum absolute atomic E-state index is 0.0663. The van der Waals surface area contributed by atoms with Crippen LogP contribution in [0.1, 0.15) is 20.7 Å². The lowest BCUT2D eigenvalue weighted by atomic mass is 10.0. The molecule has 0 unspecified atom stereocenters. The molecule has 4 rings (SSSR count). The van der Waals surface area contributed by atoms with Crippen molar-refractivity contribution in [1.29, 1.82) is 0 Å². The molecule has 0 radical (unpaired) electrons. The van der Waals surface area contributed by atoms with Crippen LogP contribution in [-0.4, -0.2) is 37.0 Å². The highest BCUT2D eigenvalue weighted by atomic mass is 32.1. The quantitative estimate of drug-likeness (QED) is 0.404. The Bertz CT molecular complexity index is 1470. The first-order chi connectivity index (χ1) is 16.3. The highest BCUT2D eigenvalue weighted by Crippen LogP contribution is 2.34. The lowest BCUT2D eigenvalue weighted by Gasteiger charge is -2.11. The molecule has 1 N–H and O–H groups in total. The Morgan fingerprint density at radius 3 is 2.56 bits per heavy atom. The van der Waals surface area contributed by atoms with E-state index in [1.807, 2.05) is 0 Å². The van der Waals surface area contributed by atoms with Crippen molar-refractivity contribution in [3.8, 4) is 22.6 Å². The second-order valence-corrected chi connectivity index (χ2v) is 8.40. The van der Waals surface area contributed by atoms with Gasteiger partial charge >= 0.3 is 0 Å². The molecule has 2 heterocycles. The van der Waals surface area contributed by atoms with Crippen molar-refractivity contribution in [2.45, 2.75) is 0 Å². The molecule has 0 saturated heterocycles. The van der Waals surface area contributed by atoms with E-state index in [-0.39, 0.29) is 29.1 Å². The van der Waals surface area contributed by atoms with Gasteiger partial charge in [0, 0.05) is 46.9 Å². The number of aryl methyl sites for hydroxylation is 1. The van der Waals surface area contributed by atoms with Crippen molar-refractivity contribution < 1.29 is 23.5 Å². The van der Waals surface area contributed by atoms with Crippen LogP contribution in [0.3, 0.4) is 0 Å². The Hall–Kier alpha value is -3.98. The van der Waals surface area contributed by atoms with Crippen molar-refractivity contribution in [3.05, 3.63) is 81.3 Å². The second-order valence-electron chi connectivity index (χ2n) is 7.52. The molecule has 174 valence electrons. The van der Waals surface area contributed by atoms with Gasteiger partial charge < -0.3 is 19.4 Å². The SMILES string of the molecule is COc1ccc(C(=O)NCC(=O)c2cn(C)cc(-c3csc4c(F)cccc34)c2=O)cc1OC. The number of thiophene rings is 1. The van der Waals surface area contributed by atoms with Crippen LogP contribution in [0.15, 0.2) is 59.0 Å². The number of aromatic nitrogens is 1. The number of carbonyl (C=O) groups is 2. The highest BCUT2D eigenvalue weighted by molar-refractivity contribution is 7.17. The summed E-state index contributed by atoms with van der Waals surface area (Å²) >= 11 is 1.20. The first kappa shape index (κ1) is 23.2. The summed E-state index contributed by atoms with van der Waals surface area (Å²) in [5, 5.41) is 4.85. The van der Waals surface area contributed by atoms with Gasteiger partial charge in [-0.25, -0.2) is 4.39 Å². The zero-order valence-electron chi connectivity index (χ0n) is 18.7. The summed E-state index contributed by atoms with van der Waals surface area (Å²) in [5.41, 5.74) is 0.579.